The van der Waals surface area contributed by atoms with E-state index in [1.54, 1.807) is 6.92 Å². The van der Waals surface area contributed by atoms with Crippen LogP contribution in [-0.4, -0.2) is 17.3 Å². The van der Waals surface area contributed by atoms with Gasteiger partial charge in [-0.1, -0.05) is 18.5 Å². The zero-order chi connectivity index (χ0) is 11.5. The van der Waals surface area contributed by atoms with Crippen LogP contribution in [0.15, 0.2) is 18.2 Å². The lowest BCUT2D eigenvalue weighted by molar-refractivity contribution is 0.00845. The molecule has 1 aromatic rings. The summed E-state index contributed by atoms with van der Waals surface area (Å²) in [5.41, 5.74) is -0.874. The number of ether oxygens (including phenoxy) is 1. The minimum atomic E-state index is -0.874. The molecule has 0 aliphatic rings. The van der Waals surface area contributed by atoms with Gasteiger partial charge in [0.15, 0.2) is 0 Å². The fraction of sp³-hybridized carbons (Fsp3) is 0.455. The van der Waals surface area contributed by atoms with Gasteiger partial charge in [-0.25, -0.2) is 4.39 Å². The molecule has 0 aliphatic heterocycles. The van der Waals surface area contributed by atoms with Crippen LogP contribution in [0.1, 0.15) is 20.3 Å². The highest BCUT2D eigenvalue weighted by atomic mass is 35.5. The predicted molar refractivity (Wildman–Crippen MR) is 57.8 cm³/mol. The quantitative estimate of drug-likeness (QED) is 0.865. The van der Waals surface area contributed by atoms with Gasteiger partial charge in [-0.05, 0) is 25.5 Å². The zero-order valence-corrected chi connectivity index (χ0v) is 9.51. The van der Waals surface area contributed by atoms with Crippen molar-refractivity contribution in [1.82, 2.24) is 0 Å². The van der Waals surface area contributed by atoms with Crippen molar-refractivity contribution in [3.63, 3.8) is 0 Å². The van der Waals surface area contributed by atoms with Gasteiger partial charge in [0.1, 0.15) is 18.2 Å². The van der Waals surface area contributed by atoms with E-state index in [1.807, 2.05) is 6.92 Å². The fourth-order valence-electron chi connectivity index (χ4n) is 0.908. The molecule has 0 saturated carbocycles. The van der Waals surface area contributed by atoms with E-state index in [0.717, 1.165) is 0 Å². The second-order valence-electron chi connectivity index (χ2n) is 3.72. The number of hydrogen-bond donors (Lipinski definition) is 1. The largest absolute Gasteiger partial charge is 0.491 e. The van der Waals surface area contributed by atoms with Gasteiger partial charge in [0.2, 0.25) is 0 Å². The third kappa shape index (κ3) is 3.68. The molecule has 0 aromatic heterocycles. The van der Waals surface area contributed by atoms with Crippen molar-refractivity contribution in [3.8, 4) is 5.75 Å². The lowest BCUT2D eigenvalue weighted by Gasteiger charge is -2.21. The minimum absolute atomic E-state index is 0.0173. The molecule has 0 spiro atoms. The van der Waals surface area contributed by atoms with Crippen molar-refractivity contribution in [2.75, 3.05) is 6.61 Å². The Labute approximate surface area is 93.6 Å². The molecule has 1 atom stereocenters. The fourth-order valence-corrected chi connectivity index (χ4v) is 1.08. The molecule has 1 unspecified atom stereocenters. The second-order valence-corrected chi connectivity index (χ2v) is 4.12. The molecule has 2 nitrogen and oxygen atoms in total. The van der Waals surface area contributed by atoms with Crippen LogP contribution in [-0.2, 0) is 0 Å². The molecule has 0 aliphatic carbocycles. The summed E-state index contributed by atoms with van der Waals surface area (Å²) in [6.07, 6.45) is 0.585. The Morgan fingerprint density at radius 3 is 2.73 bits per heavy atom. The van der Waals surface area contributed by atoms with Gasteiger partial charge in [-0.15, -0.1) is 0 Å². The molecule has 0 bridgehead atoms. The van der Waals surface area contributed by atoms with E-state index in [2.05, 4.69) is 0 Å². The second kappa shape index (κ2) is 4.81. The lowest BCUT2D eigenvalue weighted by atomic mass is 10.1. The topological polar surface area (TPSA) is 29.5 Å². The first-order valence-corrected chi connectivity index (χ1v) is 5.12. The van der Waals surface area contributed by atoms with Crippen LogP contribution in [0.3, 0.4) is 0 Å². The Kier molecular flexibility index (Phi) is 3.94. The van der Waals surface area contributed by atoms with Gasteiger partial charge in [0.25, 0.3) is 0 Å². The molecule has 0 fully saturated rings. The normalized spacial score (nSPS) is 14.7. The maximum Gasteiger partial charge on any atom is 0.142 e. The van der Waals surface area contributed by atoms with Gasteiger partial charge < -0.3 is 9.84 Å². The van der Waals surface area contributed by atoms with Crippen LogP contribution in [0.5, 0.6) is 5.75 Å². The van der Waals surface area contributed by atoms with Gasteiger partial charge >= 0.3 is 0 Å². The average Bonchev–Trinajstić information content (AvgIpc) is 2.20. The highest BCUT2D eigenvalue weighted by molar-refractivity contribution is 6.30. The molecule has 1 rings (SSSR count). The summed E-state index contributed by atoms with van der Waals surface area (Å²) in [7, 11) is 0. The molecule has 0 saturated heterocycles. The number of hydrogen-bond acceptors (Lipinski definition) is 2. The number of rotatable bonds is 4. The SMILES string of the molecule is CCC(C)(O)COc1ccc(F)c(Cl)c1. The van der Waals surface area contributed by atoms with Crippen LogP contribution in [0.4, 0.5) is 4.39 Å². The summed E-state index contributed by atoms with van der Waals surface area (Å²) in [5, 5.41) is 9.69. The van der Waals surface area contributed by atoms with E-state index in [0.29, 0.717) is 12.2 Å². The monoisotopic (exact) mass is 232 g/mol. The first-order chi connectivity index (χ1) is 6.94. The maximum absolute atomic E-state index is 12.8. The first-order valence-electron chi connectivity index (χ1n) is 4.75. The lowest BCUT2D eigenvalue weighted by Crippen LogP contribution is -2.31. The number of halogens is 2. The Morgan fingerprint density at radius 1 is 1.53 bits per heavy atom. The van der Waals surface area contributed by atoms with Crippen molar-refractivity contribution < 1.29 is 14.2 Å². The van der Waals surface area contributed by atoms with Gasteiger partial charge in [0, 0.05) is 6.07 Å². The number of aliphatic hydroxyl groups is 1. The Balaban J connectivity index is 2.62. The first kappa shape index (κ1) is 12.3. The molecule has 1 N–H and O–H groups in total. The van der Waals surface area contributed by atoms with E-state index in [4.69, 9.17) is 16.3 Å². The van der Waals surface area contributed by atoms with Crippen molar-refractivity contribution >= 4 is 11.6 Å². The van der Waals surface area contributed by atoms with Gasteiger partial charge in [0.05, 0.1) is 10.6 Å². The van der Waals surface area contributed by atoms with Crippen LogP contribution < -0.4 is 4.74 Å². The zero-order valence-electron chi connectivity index (χ0n) is 8.76. The highest BCUT2D eigenvalue weighted by Gasteiger charge is 2.18. The van der Waals surface area contributed by atoms with E-state index in [9.17, 15) is 9.50 Å². The summed E-state index contributed by atoms with van der Waals surface area (Å²) < 4.78 is 18.1. The van der Waals surface area contributed by atoms with Crippen molar-refractivity contribution in [2.45, 2.75) is 25.9 Å². The summed E-state index contributed by atoms with van der Waals surface area (Å²) >= 11 is 5.58. The molecular weight excluding hydrogens is 219 g/mol. The third-order valence-electron chi connectivity index (χ3n) is 2.20. The predicted octanol–water partition coefficient (Wildman–Crippen LogP) is 3.02. The van der Waals surface area contributed by atoms with Crippen LogP contribution in [0.25, 0.3) is 0 Å². The average molecular weight is 233 g/mol. The van der Waals surface area contributed by atoms with Crippen molar-refractivity contribution in [1.29, 1.82) is 0 Å². The van der Waals surface area contributed by atoms with E-state index >= 15 is 0 Å². The Morgan fingerprint density at radius 2 is 2.20 bits per heavy atom. The van der Waals surface area contributed by atoms with E-state index in [1.165, 1.54) is 18.2 Å². The summed E-state index contributed by atoms with van der Waals surface area (Å²) in [6.45, 7) is 3.70. The van der Waals surface area contributed by atoms with Crippen molar-refractivity contribution in [3.05, 3.63) is 29.0 Å². The molecule has 0 amide bonds. The summed E-state index contributed by atoms with van der Waals surface area (Å²) in [4.78, 5) is 0. The molecule has 84 valence electrons. The van der Waals surface area contributed by atoms with Gasteiger partial charge in [-0.2, -0.15) is 0 Å². The van der Waals surface area contributed by atoms with Gasteiger partial charge in [-0.3, -0.25) is 0 Å². The van der Waals surface area contributed by atoms with Crippen LogP contribution >= 0.6 is 11.6 Å². The van der Waals surface area contributed by atoms with Crippen LogP contribution in [0, 0.1) is 5.82 Å². The molecule has 15 heavy (non-hydrogen) atoms. The maximum atomic E-state index is 12.8. The van der Waals surface area contributed by atoms with Crippen LogP contribution in [0.2, 0.25) is 5.02 Å². The Bertz CT molecular complexity index is 339. The molecule has 0 heterocycles. The molecule has 0 radical (unpaired) electrons. The minimum Gasteiger partial charge on any atom is -0.491 e. The summed E-state index contributed by atoms with van der Waals surface area (Å²) in [5.74, 6) is -0.0265. The van der Waals surface area contributed by atoms with E-state index < -0.39 is 11.4 Å². The standard InChI is InChI=1S/C11H14ClFO2/c1-3-11(2,14)7-15-8-4-5-10(13)9(12)6-8/h4-6,14H,3,7H2,1-2H3. The smallest absolute Gasteiger partial charge is 0.142 e. The molecule has 4 heteroatoms. The van der Waals surface area contributed by atoms with E-state index in [-0.39, 0.29) is 11.6 Å². The third-order valence-corrected chi connectivity index (χ3v) is 2.49. The Hall–Kier alpha value is -0.800. The summed E-state index contributed by atoms with van der Waals surface area (Å²) in [6, 6.07) is 4.11. The highest BCUT2D eigenvalue weighted by Crippen LogP contribution is 2.22. The molecular formula is C11H14ClFO2. The van der Waals surface area contributed by atoms with Crippen molar-refractivity contribution in [2.24, 2.45) is 0 Å². The number of benzene rings is 1. The molecule has 1 aromatic carbocycles.